The van der Waals surface area contributed by atoms with Gasteiger partial charge in [0.15, 0.2) is 6.29 Å². The third-order valence-electron chi connectivity index (χ3n) is 6.63. The lowest BCUT2D eigenvalue weighted by Crippen LogP contribution is -2.39. The molecule has 2 aliphatic carbocycles. The fourth-order valence-electron chi connectivity index (χ4n) is 4.81. The summed E-state index contributed by atoms with van der Waals surface area (Å²) in [6, 6.07) is 0. The third-order valence-corrected chi connectivity index (χ3v) is 6.63. The van der Waals surface area contributed by atoms with Crippen molar-refractivity contribution in [3.8, 4) is 0 Å². The number of ether oxygens (including phenoxy) is 2. The van der Waals surface area contributed by atoms with E-state index in [9.17, 15) is 4.39 Å². The second kappa shape index (κ2) is 7.17. The molecule has 3 rings (SSSR count). The highest BCUT2D eigenvalue weighted by atomic mass is 19.1. The minimum atomic E-state index is -0.585. The van der Waals surface area contributed by atoms with Crippen molar-refractivity contribution in [1.29, 1.82) is 0 Å². The van der Waals surface area contributed by atoms with Crippen LogP contribution in [-0.2, 0) is 9.47 Å². The molecule has 0 amide bonds. The summed E-state index contributed by atoms with van der Waals surface area (Å²) in [6.07, 6.45) is 6.33. The molecule has 1 heterocycles. The van der Waals surface area contributed by atoms with Crippen LogP contribution in [0.2, 0.25) is 0 Å². The molecular weight excluding hydrogens is 279 g/mol. The molecule has 0 aromatic heterocycles. The zero-order valence-electron chi connectivity index (χ0n) is 14.5. The molecule has 3 heteroatoms. The molecule has 22 heavy (non-hydrogen) atoms. The molecule has 0 radical (unpaired) electrons. The van der Waals surface area contributed by atoms with Gasteiger partial charge in [-0.05, 0) is 62.2 Å². The maximum Gasteiger partial charge on any atom is 0.160 e. The van der Waals surface area contributed by atoms with Crippen molar-refractivity contribution in [3.05, 3.63) is 0 Å². The lowest BCUT2D eigenvalue weighted by atomic mass is 9.66. The van der Waals surface area contributed by atoms with Gasteiger partial charge in [-0.3, -0.25) is 0 Å². The van der Waals surface area contributed by atoms with Gasteiger partial charge in [-0.25, -0.2) is 4.39 Å². The Kier molecular flexibility index (Phi) is 5.44. The molecule has 4 unspecified atom stereocenters. The van der Waals surface area contributed by atoms with Crippen molar-refractivity contribution < 1.29 is 13.9 Å². The molecule has 4 atom stereocenters. The first-order valence-corrected chi connectivity index (χ1v) is 9.41. The highest BCUT2D eigenvalue weighted by Gasteiger charge is 2.39. The van der Waals surface area contributed by atoms with Gasteiger partial charge in [-0.1, -0.05) is 20.8 Å². The Bertz CT molecular complexity index is 333. The van der Waals surface area contributed by atoms with Crippen LogP contribution in [-0.4, -0.2) is 25.7 Å². The zero-order valence-corrected chi connectivity index (χ0v) is 14.5. The monoisotopic (exact) mass is 312 g/mol. The summed E-state index contributed by atoms with van der Waals surface area (Å²) in [7, 11) is 0. The minimum Gasteiger partial charge on any atom is -0.352 e. The largest absolute Gasteiger partial charge is 0.352 e. The average molecular weight is 312 g/mol. The minimum absolute atomic E-state index is 0.0244. The van der Waals surface area contributed by atoms with Crippen molar-refractivity contribution in [2.75, 3.05) is 13.2 Å². The van der Waals surface area contributed by atoms with Crippen LogP contribution in [0.5, 0.6) is 0 Å². The van der Waals surface area contributed by atoms with Gasteiger partial charge in [0.25, 0.3) is 0 Å². The van der Waals surface area contributed by atoms with E-state index in [4.69, 9.17) is 9.47 Å². The summed E-state index contributed by atoms with van der Waals surface area (Å²) in [5.74, 6) is 3.21. The molecule has 2 nitrogen and oxygen atoms in total. The van der Waals surface area contributed by atoms with E-state index in [1.54, 1.807) is 0 Å². The predicted octanol–water partition coefficient (Wildman–Crippen LogP) is 4.82. The van der Waals surface area contributed by atoms with Gasteiger partial charge in [-0.2, -0.15) is 0 Å². The van der Waals surface area contributed by atoms with Crippen LogP contribution < -0.4 is 0 Å². The second-order valence-electron chi connectivity index (χ2n) is 8.40. The Morgan fingerprint density at radius 1 is 0.773 bits per heavy atom. The maximum absolute atomic E-state index is 14.2. The molecule has 0 aromatic rings. The fourth-order valence-corrected chi connectivity index (χ4v) is 4.81. The Hall–Kier alpha value is -0.150. The van der Waals surface area contributed by atoms with Crippen LogP contribution in [0, 0.1) is 35.5 Å². The summed E-state index contributed by atoms with van der Waals surface area (Å²) < 4.78 is 25.9. The van der Waals surface area contributed by atoms with Gasteiger partial charge >= 0.3 is 0 Å². The molecular formula is C19H33FO2. The van der Waals surface area contributed by atoms with Crippen LogP contribution in [0.1, 0.15) is 59.3 Å². The highest BCUT2D eigenvalue weighted by Crippen LogP contribution is 2.45. The molecule has 0 bridgehead atoms. The third kappa shape index (κ3) is 3.67. The van der Waals surface area contributed by atoms with Crippen molar-refractivity contribution in [2.45, 2.75) is 71.8 Å². The van der Waals surface area contributed by atoms with E-state index in [-0.39, 0.29) is 12.2 Å². The first kappa shape index (κ1) is 16.7. The van der Waals surface area contributed by atoms with E-state index in [0.717, 1.165) is 25.6 Å². The van der Waals surface area contributed by atoms with Gasteiger partial charge in [-0.15, -0.1) is 0 Å². The van der Waals surface area contributed by atoms with Gasteiger partial charge in [0.05, 0.1) is 13.2 Å². The van der Waals surface area contributed by atoms with E-state index in [0.29, 0.717) is 23.7 Å². The summed E-state index contributed by atoms with van der Waals surface area (Å²) in [6.45, 7) is 8.17. The molecule has 2 saturated carbocycles. The standard InChI is InChI=1S/C19H33FO2/c1-12-10-21-19(22-11-12)16-6-4-15(5-7-16)17-8-13(2)14(3)18(20)9-17/h12-19H,4-11H2,1-3H3. The van der Waals surface area contributed by atoms with E-state index in [2.05, 4.69) is 20.8 Å². The van der Waals surface area contributed by atoms with Gasteiger partial charge in [0.1, 0.15) is 6.17 Å². The molecule has 1 aliphatic heterocycles. The lowest BCUT2D eigenvalue weighted by Gasteiger charge is -2.43. The van der Waals surface area contributed by atoms with Gasteiger partial charge < -0.3 is 9.47 Å². The summed E-state index contributed by atoms with van der Waals surface area (Å²) in [4.78, 5) is 0. The fraction of sp³-hybridized carbons (Fsp3) is 1.00. The lowest BCUT2D eigenvalue weighted by molar-refractivity contribution is -0.227. The van der Waals surface area contributed by atoms with Gasteiger partial charge in [0.2, 0.25) is 0 Å². The second-order valence-corrected chi connectivity index (χ2v) is 8.40. The Morgan fingerprint density at radius 2 is 1.36 bits per heavy atom. The van der Waals surface area contributed by atoms with Gasteiger partial charge in [0, 0.05) is 11.8 Å². The van der Waals surface area contributed by atoms with Crippen LogP contribution in [0.25, 0.3) is 0 Å². The predicted molar refractivity (Wildman–Crippen MR) is 86.3 cm³/mol. The number of alkyl halides is 1. The molecule has 1 saturated heterocycles. The maximum atomic E-state index is 14.2. The summed E-state index contributed by atoms with van der Waals surface area (Å²) in [5.41, 5.74) is 0. The molecule has 3 fully saturated rings. The van der Waals surface area contributed by atoms with Crippen LogP contribution in [0.4, 0.5) is 4.39 Å². The Morgan fingerprint density at radius 3 is 1.95 bits per heavy atom. The molecule has 0 aromatic carbocycles. The SMILES string of the molecule is CC1COC(C2CCC(C3CC(C)C(C)C(F)C3)CC2)OC1. The first-order valence-electron chi connectivity index (χ1n) is 9.41. The number of halogens is 1. The normalized spacial score (nSPS) is 50.7. The number of rotatable bonds is 2. The summed E-state index contributed by atoms with van der Waals surface area (Å²) >= 11 is 0. The Balaban J connectivity index is 1.47. The molecule has 0 spiro atoms. The van der Waals surface area contributed by atoms with Crippen molar-refractivity contribution in [2.24, 2.45) is 35.5 Å². The van der Waals surface area contributed by atoms with E-state index in [1.807, 2.05) is 0 Å². The average Bonchev–Trinajstić information content (AvgIpc) is 2.53. The smallest absolute Gasteiger partial charge is 0.160 e. The van der Waals surface area contributed by atoms with E-state index < -0.39 is 6.17 Å². The van der Waals surface area contributed by atoms with Crippen molar-refractivity contribution in [3.63, 3.8) is 0 Å². The highest BCUT2D eigenvalue weighted by molar-refractivity contribution is 4.88. The van der Waals surface area contributed by atoms with Crippen molar-refractivity contribution >= 4 is 0 Å². The quantitative estimate of drug-likeness (QED) is 0.727. The Labute approximate surface area is 135 Å². The van der Waals surface area contributed by atoms with Crippen LogP contribution >= 0.6 is 0 Å². The molecule has 0 N–H and O–H groups in total. The molecule has 128 valence electrons. The number of hydrogen-bond acceptors (Lipinski definition) is 2. The zero-order chi connectivity index (χ0) is 15.7. The topological polar surface area (TPSA) is 18.5 Å². The number of hydrogen-bond donors (Lipinski definition) is 0. The van der Waals surface area contributed by atoms with E-state index >= 15 is 0 Å². The first-order chi connectivity index (χ1) is 10.5. The van der Waals surface area contributed by atoms with Crippen LogP contribution in [0.3, 0.4) is 0 Å². The van der Waals surface area contributed by atoms with Crippen molar-refractivity contribution in [1.82, 2.24) is 0 Å². The summed E-state index contributed by atoms with van der Waals surface area (Å²) in [5, 5.41) is 0. The molecule has 3 aliphatic rings. The van der Waals surface area contributed by atoms with E-state index in [1.165, 1.54) is 32.1 Å². The van der Waals surface area contributed by atoms with Crippen LogP contribution in [0.15, 0.2) is 0 Å².